The molecule has 2 heterocycles. The summed E-state index contributed by atoms with van der Waals surface area (Å²) >= 11 is 22.3. The van der Waals surface area contributed by atoms with E-state index in [-0.39, 0.29) is 5.56 Å². The van der Waals surface area contributed by atoms with Gasteiger partial charge in [0.05, 0.1) is 0 Å². The topological polar surface area (TPSA) is 88.6 Å². The highest BCUT2D eigenvalue weighted by Gasteiger charge is 2.03. The highest BCUT2D eigenvalue weighted by Crippen LogP contribution is 2.61. The van der Waals surface area contributed by atoms with Crippen LogP contribution in [-0.4, -0.2) is 32.4 Å². The average molecular weight is 456 g/mol. The van der Waals surface area contributed by atoms with Crippen LogP contribution in [0.25, 0.3) is 0 Å². The average Bonchev–Trinajstić information content (AvgIpc) is 2.46. The maximum absolute atomic E-state index is 10.5. The summed E-state index contributed by atoms with van der Waals surface area (Å²) in [5.41, 5.74) is -0.102. The van der Waals surface area contributed by atoms with Crippen LogP contribution in [0.3, 0.4) is 0 Å². The molecule has 0 aromatic carbocycles. The normalized spacial score (nSPS) is 10.0. The second kappa shape index (κ2) is 12.4. The number of hydrogen-bond donors (Lipinski definition) is 1. The Labute approximate surface area is 160 Å². The van der Waals surface area contributed by atoms with Crippen molar-refractivity contribution in [2.24, 2.45) is 0 Å². The molecule has 2 aromatic rings. The zero-order valence-corrected chi connectivity index (χ0v) is 17.3. The second-order valence-electron chi connectivity index (χ2n) is 3.21. The van der Waals surface area contributed by atoms with Crippen molar-refractivity contribution in [2.45, 2.75) is 10.3 Å². The van der Waals surface area contributed by atoms with Crippen molar-refractivity contribution < 1.29 is 4.57 Å². The van der Waals surface area contributed by atoms with Crippen LogP contribution in [0.2, 0.25) is 5.15 Å². The molecule has 0 aliphatic heterocycles. The first-order chi connectivity index (χ1) is 10.7. The van der Waals surface area contributed by atoms with Crippen LogP contribution >= 0.6 is 74.0 Å². The lowest BCUT2D eigenvalue weighted by Crippen LogP contribution is -2.04. The minimum atomic E-state index is -3.22. The van der Waals surface area contributed by atoms with Crippen molar-refractivity contribution >= 4 is 74.0 Å². The molecule has 0 spiro atoms. The SMILES string of the molecule is CSc1nccc(=O)[nH]1.CSc1nccc(Cl)n1.O=P(Cl)(Cl)Cl. The Morgan fingerprint density at radius 3 is 2.00 bits per heavy atom. The van der Waals surface area contributed by atoms with E-state index < -0.39 is 5.20 Å². The van der Waals surface area contributed by atoms with Crippen molar-refractivity contribution in [3.05, 3.63) is 40.0 Å². The molecule has 0 amide bonds. The van der Waals surface area contributed by atoms with Gasteiger partial charge in [-0.15, -0.1) is 0 Å². The molecule has 2 rings (SSSR count). The van der Waals surface area contributed by atoms with Crippen LogP contribution in [0.1, 0.15) is 0 Å². The summed E-state index contributed by atoms with van der Waals surface area (Å²) in [6.45, 7) is 0. The predicted molar refractivity (Wildman–Crippen MR) is 101 cm³/mol. The molecule has 2 aromatic heterocycles. The number of aromatic nitrogens is 4. The van der Waals surface area contributed by atoms with Gasteiger partial charge in [0, 0.05) is 18.5 Å². The van der Waals surface area contributed by atoms with Crippen molar-refractivity contribution in [1.82, 2.24) is 19.9 Å². The summed E-state index contributed by atoms with van der Waals surface area (Å²) in [6, 6.07) is 3.04. The third-order valence-corrected chi connectivity index (χ3v) is 2.99. The zero-order chi connectivity index (χ0) is 17.9. The first kappa shape index (κ1) is 23.1. The van der Waals surface area contributed by atoms with E-state index in [9.17, 15) is 9.36 Å². The molecule has 0 fully saturated rings. The summed E-state index contributed by atoms with van der Waals surface area (Å²) in [5.74, 6) is 0. The van der Waals surface area contributed by atoms with Gasteiger partial charge < -0.3 is 4.98 Å². The lowest BCUT2D eigenvalue weighted by molar-refractivity contribution is 0.600. The van der Waals surface area contributed by atoms with Gasteiger partial charge in [-0.25, -0.2) is 15.0 Å². The Hall–Kier alpha value is 0.0500. The van der Waals surface area contributed by atoms with Crippen LogP contribution in [0, 0.1) is 0 Å². The summed E-state index contributed by atoms with van der Waals surface area (Å²) < 4.78 is 9.51. The van der Waals surface area contributed by atoms with Gasteiger partial charge in [-0.05, 0) is 52.3 Å². The number of hydrogen-bond acceptors (Lipinski definition) is 7. The predicted octanol–water partition coefficient (Wildman–Crippen LogP) is 5.15. The minimum Gasteiger partial charge on any atom is -0.301 e. The Balaban J connectivity index is 0.000000332. The third kappa shape index (κ3) is 15.3. The van der Waals surface area contributed by atoms with Gasteiger partial charge >= 0.3 is 5.20 Å². The summed E-state index contributed by atoms with van der Waals surface area (Å²) in [4.78, 5) is 24.8. The molecule has 6 nitrogen and oxygen atoms in total. The van der Waals surface area contributed by atoms with Crippen molar-refractivity contribution in [3.8, 4) is 0 Å². The molecule has 0 atom stereocenters. The largest absolute Gasteiger partial charge is 0.339 e. The summed E-state index contributed by atoms with van der Waals surface area (Å²) in [6.07, 6.45) is 6.90. The maximum atomic E-state index is 10.5. The molecular formula is C10H11Cl4N4O2PS2. The van der Waals surface area contributed by atoms with E-state index in [0.29, 0.717) is 15.5 Å². The van der Waals surface area contributed by atoms with Gasteiger partial charge in [0.2, 0.25) is 0 Å². The van der Waals surface area contributed by atoms with Crippen molar-refractivity contribution in [2.75, 3.05) is 12.5 Å². The van der Waals surface area contributed by atoms with Gasteiger partial charge in [0.1, 0.15) is 5.15 Å². The Kier molecular flexibility index (Phi) is 12.4. The van der Waals surface area contributed by atoms with Crippen molar-refractivity contribution in [1.29, 1.82) is 0 Å². The number of rotatable bonds is 2. The number of H-pyrrole nitrogens is 1. The number of aromatic amines is 1. The van der Waals surface area contributed by atoms with Gasteiger partial charge in [0.15, 0.2) is 10.3 Å². The summed E-state index contributed by atoms with van der Waals surface area (Å²) in [7, 11) is 0. The number of nitrogens with zero attached hydrogens (tertiary/aromatic N) is 3. The van der Waals surface area contributed by atoms with E-state index in [1.165, 1.54) is 35.8 Å². The molecule has 0 bridgehead atoms. The molecule has 13 heteroatoms. The highest BCUT2D eigenvalue weighted by molar-refractivity contribution is 8.24. The van der Waals surface area contributed by atoms with Crippen LogP contribution in [0.15, 0.2) is 39.6 Å². The van der Waals surface area contributed by atoms with Crippen LogP contribution in [-0.2, 0) is 4.57 Å². The molecule has 1 N–H and O–H groups in total. The standard InChI is InChI=1S/C5H5ClN2S.C5H6N2OS.Cl3OP/c1-9-5-7-3-2-4(6)8-5;1-9-5-6-3-2-4(8)7-5;1-5(2,3)4/h2-3H,1H3;2-3H,1H3,(H,6,7,8);. The third-order valence-electron chi connectivity index (χ3n) is 1.62. The maximum Gasteiger partial charge on any atom is 0.339 e. The fourth-order valence-electron chi connectivity index (χ4n) is 0.874. The van der Waals surface area contributed by atoms with E-state index >= 15 is 0 Å². The molecule has 23 heavy (non-hydrogen) atoms. The first-order valence-electron chi connectivity index (χ1n) is 5.46. The molecule has 0 aliphatic rings. The molecule has 0 unspecified atom stereocenters. The highest BCUT2D eigenvalue weighted by atomic mass is 36.0. The van der Waals surface area contributed by atoms with Gasteiger partial charge in [-0.3, -0.25) is 9.36 Å². The van der Waals surface area contributed by atoms with E-state index in [0.717, 1.165) is 0 Å². The van der Waals surface area contributed by atoms with Gasteiger partial charge in [0.25, 0.3) is 5.56 Å². The Bertz CT molecular complexity index is 692. The second-order valence-corrected chi connectivity index (χ2v) is 11.8. The van der Waals surface area contributed by atoms with E-state index in [2.05, 4.69) is 53.7 Å². The smallest absolute Gasteiger partial charge is 0.301 e. The van der Waals surface area contributed by atoms with Crippen LogP contribution < -0.4 is 5.56 Å². The van der Waals surface area contributed by atoms with E-state index in [4.69, 9.17) is 11.6 Å². The lowest BCUT2D eigenvalue weighted by atomic mass is 10.7. The molecule has 0 saturated carbocycles. The van der Waals surface area contributed by atoms with E-state index in [1.54, 1.807) is 12.3 Å². The molecule has 0 aliphatic carbocycles. The van der Waals surface area contributed by atoms with Gasteiger partial charge in [-0.1, -0.05) is 35.1 Å². The molecule has 0 saturated heterocycles. The van der Waals surface area contributed by atoms with E-state index in [1.807, 2.05) is 12.5 Å². The van der Waals surface area contributed by atoms with Crippen LogP contribution in [0.4, 0.5) is 0 Å². The van der Waals surface area contributed by atoms with Gasteiger partial charge in [-0.2, -0.15) is 0 Å². The molecule has 0 radical (unpaired) electrons. The molecule has 128 valence electrons. The molecular weight excluding hydrogens is 445 g/mol. The quantitative estimate of drug-likeness (QED) is 0.289. The lowest BCUT2D eigenvalue weighted by Gasteiger charge is -1.91. The summed E-state index contributed by atoms with van der Waals surface area (Å²) in [5, 5.41) is -1.36. The number of halogens is 4. The fraction of sp³-hybridized carbons (Fsp3) is 0.200. The van der Waals surface area contributed by atoms with Crippen molar-refractivity contribution in [3.63, 3.8) is 0 Å². The fourth-order valence-corrected chi connectivity index (χ4v) is 1.79. The zero-order valence-electron chi connectivity index (χ0n) is 11.7. The number of nitrogens with one attached hydrogen (secondary N) is 1. The Morgan fingerprint density at radius 2 is 1.65 bits per heavy atom. The first-order valence-corrected chi connectivity index (χ1v) is 12.7. The monoisotopic (exact) mass is 454 g/mol. The van der Waals surface area contributed by atoms with Crippen LogP contribution in [0.5, 0.6) is 0 Å². The number of thioether (sulfide) groups is 2. The minimum absolute atomic E-state index is 0.102. The Morgan fingerprint density at radius 1 is 1.09 bits per heavy atom.